The summed E-state index contributed by atoms with van der Waals surface area (Å²) in [5.41, 5.74) is 5.06. The van der Waals surface area contributed by atoms with Gasteiger partial charge in [0.25, 0.3) is 0 Å². The molecule has 0 aromatic heterocycles. The van der Waals surface area contributed by atoms with Crippen LogP contribution in [-0.2, 0) is 5.41 Å². The summed E-state index contributed by atoms with van der Waals surface area (Å²) in [5, 5.41) is 3.11. The minimum absolute atomic E-state index is 0.159. The van der Waals surface area contributed by atoms with Gasteiger partial charge in [-0.3, -0.25) is 0 Å². The molecule has 0 amide bonds. The summed E-state index contributed by atoms with van der Waals surface area (Å²) in [6.07, 6.45) is 0. The Bertz CT molecular complexity index is 515. The third-order valence-corrected chi connectivity index (χ3v) is 3.59. The van der Waals surface area contributed by atoms with E-state index in [1.54, 1.807) is 6.92 Å². The maximum atomic E-state index is 10.8. The number of aryl methyl sites for hydroxylation is 1. The van der Waals surface area contributed by atoms with Crippen LogP contribution in [0.2, 0.25) is 0 Å². The minimum Gasteiger partial charge on any atom is -0.345 e. The Hall–Kier alpha value is -1.64. The van der Waals surface area contributed by atoms with E-state index in [1.807, 2.05) is 7.05 Å². The maximum absolute atomic E-state index is 10.8. The zero-order valence-electron chi connectivity index (χ0n) is 11.0. The van der Waals surface area contributed by atoms with Gasteiger partial charge in [-0.05, 0) is 30.7 Å². The molecule has 0 fully saturated rings. The Balaban J connectivity index is 2.73. The quantitative estimate of drug-likeness (QED) is 0.689. The van der Waals surface area contributed by atoms with Crippen LogP contribution in [0.25, 0.3) is 0 Å². The molecular formula is C14H18N2O. The lowest BCUT2D eigenvalue weighted by Gasteiger charge is -2.24. The molecule has 0 saturated heterocycles. The van der Waals surface area contributed by atoms with E-state index in [-0.39, 0.29) is 5.41 Å². The second kappa shape index (κ2) is 3.69. The van der Waals surface area contributed by atoms with Gasteiger partial charge < -0.3 is 4.90 Å². The molecule has 0 atom stereocenters. The molecule has 0 spiro atoms. The molecule has 1 aromatic rings. The number of likely N-dealkylation sites (N-methyl/N-ethyl adjacent to an activating group) is 1. The van der Waals surface area contributed by atoms with Crippen LogP contribution in [0.4, 0.5) is 5.69 Å². The Labute approximate surface area is 102 Å². The second-order valence-corrected chi connectivity index (χ2v) is 5.23. The van der Waals surface area contributed by atoms with Crippen molar-refractivity contribution < 1.29 is 0 Å². The number of anilines is 1. The highest BCUT2D eigenvalue weighted by molar-refractivity contribution is 5.71. The fourth-order valence-electron chi connectivity index (χ4n) is 2.85. The van der Waals surface area contributed by atoms with Gasteiger partial charge in [-0.25, -0.2) is 0 Å². The number of allylic oxidation sites excluding steroid dienone is 2. The third kappa shape index (κ3) is 1.57. The van der Waals surface area contributed by atoms with Crippen LogP contribution in [0.1, 0.15) is 31.9 Å². The number of fused-ring (bicyclic) bond motifs is 1. The number of rotatable bonds is 1. The van der Waals surface area contributed by atoms with Gasteiger partial charge in [0.15, 0.2) is 0 Å². The Morgan fingerprint density at radius 3 is 2.59 bits per heavy atom. The van der Waals surface area contributed by atoms with E-state index in [9.17, 15) is 4.91 Å². The molecule has 1 aromatic carbocycles. The highest BCUT2D eigenvalue weighted by atomic mass is 16.3. The van der Waals surface area contributed by atoms with E-state index in [0.29, 0.717) is 5.70 Å². The van der Waals surface area contributed by atoms with E-state index in [2.05, 4.69) is 49.0 Å². The molecule has 0 bridgehead atoms. The van der Waals surface area contributed by atoms with Crippen molar-refractivity contribution in [3.8, 4) is 0 Å². The fourth-order valence-corrected chi connectivity index (χ4v) is 2.85. The van der Waals surface area contributed by atoms with Crippen molar-refractivity contribution in [2.24, 2.45) is 5.18 Å². The van der Waals surface area contributed by atoms with Crippen molar-refractivity contribution >= 4 is 5.69 Å². The van der Waals surface area contributed by atoms with Crippen LogP contribution in [0.3, 0.4) is 0 Å². The second-order valence-electron chi connectivity index (χ2n) is 5.23. The lowest BCUT2D eigenvalue weighted by Crippen LogP contribution is -2.24. The minimum atomic E-state index is -0.159. The first-order valence-electron chi connectivity index (χ1n) is 5.79. The van der Waals surface area contributed by atoms with Gasteiger partial charge in [0.1, 0.15) is 5.70 Å². The van der Waals surface area contributed by atoms with E-state index >= 15 is 0 Å². The first-order valence-corrected chi connectivity index (χ1v) is 5.79. The van der Waals surface area contributed by atoms with Gasteiger partial charge in [-0.2, -0.15) is 0 Å². The lowest BCUT2D eigenvalue weighted by atomic mass is 9.82. The molecular weight excluding hydrogens is 212 g/mol. The van der Waals surface area contributed by atoms with Crippen LogP contribution in [0.15, 0.2) is 34.8 Å². The molecule has 0 radical (unpaired) electrons. The van der Waals surface area contributed by atoms with Crippen LogP contribution in [0.5, 0.6) is 0 Å². The molecule has 1 heterocycles. The standard InChI is InChI=1S/C14H18N2O/c1-9-6-7-12-11(8-9)14(3,4)13(16(12)5)10(2)15-17/h6-8H,1-5H3. The number of nitrogens with zero attached hydrogens (tertiary/aromatic N) is 2. The number of hydrogen-bond acceptors (Lipinski definition) is 3. The molecule has 1 aliphatic rings. The van der Waals surface area contributed by atoms with Gasteiger partial charge in [-0.15, -0.1) is 4.91 Å². The number of hydrogen-bond donors (Lipinski definition) is 0. The molecule has 0 saturated carbocycles. The van der Waals surface area contributed by atoms with E-state index in [4.69, 9.17) is 0 Å². The molecule has 90 valence electrons. The monoisotopic (exact) mass is 230 g/mol. The number of benzene rings is 1. The van der Waals surface area contributed by atoms with Gasteiger partial charge >= 0.3 is 0 Å². The van der Waals surface area contributed by atoms with Crippen molar-refractivity contribution in [2.45, 2.75) is 33.1 Å². The summed E-state index contributed by atoms with van der Waals surface area (Å²) < 4.78 is 0. The van der Waals surface area contributed by atoms with Crippen LogP contribution < -0.4 is 4.90 Å². The average Bonchev–Trinajstić information content (AvgIpc) is 2.46. The number of nitroso groups, excluding NO2 is 1. The Kier molecular flexibility index (Phi) is 2.57. The van der Waals surface area contributed by atoms with Crippen LogP contribution in [0, 0.1) is 11.8 Å². The topological polar surface area (TPSA) is 32.7 Å². The molecule has 3 nitrogen and oxygen atoms in total. The molecule has 0 N–H and O–H groups in total. The third-order valence-electron chi connectivity index (χ3n) is 3.59. The predicted molar refractivity (Wildman–Crippen MR) is 71.1 cm³/mol. The summed E-state index contributed by atoms with van der Waals surface area (Å²) in [6, 6.07) is 6.40. The summed E-state index contributed by atoms with van der Waals surface area (Å²) >= 11 is 0. The Morgan fingerprint density at radius 1 is 1.35 bits per heavy atom. The molecule has 0 unspecified atom stereocenters. The zero-order chi connectivity index (χ0) is 12.8. The summed E-state index contributed by atoms with van der Waals surface area (Å²) in [6.45, 7) is 8.14. The smallest absolute Gasteiger partial charge is 0.102 e. The highest BCUT2D eigenvalue weighted by Gasteiger charge is 2.40. The van der Waals surface area contributed by atoms with Gasteiger partial charge in [0, 0.05) is 18.2 Å². The maximum Gasteiger partial charge on any atom is 0.102 e. The lowest BCUT2D eigenvalue weighted by molar-refractivity contribution is 0.630. The first kappa shape index (κ1) is 11.8. The molecule has 0 aliphatic carbocycles. The van der Waals surface area contributed by atoms with E-state index in [1.165, 1.54) is 16.8 Å². The SMILES string of the molecule is CC(N=O)=C1N(C)c2ccc(C)cc2C1(C)C. The molecule has 3 heteroatoms. The fraction of sp³-hybridized carbons (Fsp3) is 0.429. The summed E-state index contributed by atoms with van der Waals surface area (Å²) in [7, 11) is 1.99. The molecule has 1 aliphatic heterocycles. The first-order chi connectivity index (χ1) is 7.89. The van der Waals surface area contributed by atoms with Gasteiger partial charge in [0.05, 0.1) is 5.70 Å². The Morgan fingerprint density at radius 2 is 2.00 bits per heavy atom. The van der Waals surface area contributed by atoms with Crippen LogP contribution >= 0.6 is 0 Å². The van der Waals surface area contributed by atoms with Crippen molar-refractivity contribution in [1.29, 1.82) is 0 Å². The summed E-state index contributed by atoms with van der Waals surface area (Å²) in [5.74, 6) is 0. The van der Waals surface area contributed by atoms with E-state index < -0.39 is 0 Å². The normalized spacial score (nSPS) is 20.2. The largest absolute Gasteiger partial charge is 0.345 e. The van der Waals surface area contributed by atoms with E-state index in [0.717, 1.165) is 5.70 Å². The van der Waals surface area contributed by atoms with Crippen LogP contribution in [-0.4, -0.2) is 7.05 Å². The van der Waals surface area contributed by atoms with Crippen molar-refractivity contribution in [3.05, 3.63) is 45.6 Å². The van der Waals surface area contributed by atoms with Crippen molar-refractivity contribution in [2.75, 3.05) is 11.9 Å². The summed E-state index contributed by atoms with van der Waals surface area (Å²) in [4.78, 5) is 12.9. The van der Waals surface area contributed by atoms with Crippen molar-refractivity contribution in [3.63, 3.8) is 0 Å². The molecule has 2 rings (SSSR count). The highest BCUT2D eigenvalue weighted by Crippen LogP contribution is 2.48. The average molecular weight is 230 g/mol. The molecule has 17 heavy (non-hydrogen) atoms. The van der Waals surface area contributed by atoms with Gasteiger partial charge in [0.2, 0.25) is 0 Å². The van der Waals surface area contributed by atoms with Gasteiger partial charge in [-0.1, -0.05) is 31.5 Å². The van der Waals surface area contributed by atoms with Crippen molar-refractivity contribution in [1.82, 2.24) is 0 Å². The zero-order valence-corrected chi connectivity index (χ0v) is 11.0. The predicted octanol–water partition coefficient (Wildman–Crippen LogP) is 3.72.